The molecule has 8 heteroatoms. The summed E-state index contributed by atoms with van der Waals surface area (Å²) in [6.45, 7) is 3.08. The minimum absolute atomic E-state index is 0.00668. The monoisotopic (exact) mass is 457 g/mol. The molecular weight excluding hydrogens is 434 g/mol. The fourth-order valence-corrected chi connectivity index (χ4v) is 4.94. The molecule has 6 nitrogen and oxygen atoms in total. The number of rotatable bonds is 6. The number of hydrogen-bond acceptors (Lipinski definition) is 5. The predicted octanol–water partition coefficient (Wildman–Crippen LogP) is 4.79. The molecule has 162 valence electrons. The number of amides is 2. The van der Waals surface area contributed by atoms with Gasteiger partial charge in [0, 0.05) is 23.7 Å². The molecule has 2 aliphatic rings. The third-order valence-electron chi connectivity index (χ3n) is 5.26. The van der Waals surface area contributed by atoms with Crippen LogP contribution in [-0.2, 0) is 14.3 Å². The highest BCUT2D eigenvalue weighted by atomic mass is 35.5. The zero-order chi connectivity index (χ0) is 21.8. The van der Waals surface area contributed by atoms with Crippen molar-refractivity contribution < 1.29 is 14.3 Å². The van der Waals surface area contributed by atoms with E-state index < -0.39 is 5.25 Å². The van der Waals surface area contributed by atoms with Crippen molar-refractivity contribution in [3.63, 3.8) is 0 Å². The van der Waals surface area contributed by atoms with Crippen molar-refractivity contribution >= 4 is 51.7 Å². The van der Waals surface area contributed by atoms with Crippen molar-refractivity contribution in [3.8, 4) is 0 Å². The Bertz CT molecular complexity index is 993. The lowest BCUT2D eigenvalue weighted by Gasteiger charge is -2.20. The van der Waals surface area contributed by atoms with Crippen LogP contribution in [0.5, 0.6) is 0 Å². The molecule has 2 heterocycles. The first-order chi connectivity index (χ1) is 15.0. The van der Waals surface area contributed by atoms with Crippen LogP contribution < -0.4 is 5.32 Å². The van der Waals surface area contributed by atoms with Crippen LogP contribution in [0.4, 0.5) is 11.4 Å². The molecule has 2 aromatic carbocycles. The molecule has 2 amide bonds. The molecule has 0 bridgehead atoms. The molecule has 2 aliphatic heterocycles. The summed E-state index contributed by atoms with van der Waals surface area (Å²) in [7, 11) is 0. The maximum atomic E-state index is 13.2. The van der Waals surface area contributed by atoms with E-state index in [1.165, 1.54) is 11.8 Å². The molecule has 0 saturated carbocycles. The lowest BCUT2D eigenvalue weighted by Crippen LogP contribution is -2.38. The second kappa shape index (κ2) is 9.85. The number of nitrogens with zero attached hydrogens (tertiary/aromatic N) is 2. The van der Waals surface area contributed by atoms with Gasteiger partial charge in [-0.3, -0.25) is 14.5 Å². The number of carbonyl (C=O) groups is 2. The molecule has 2 fully saturated rings. The van der Waals surface area contributed by atoms with Crippen LogP contribution in [0.1, 0.15) is 24.8 Å². The standard InChI is InChI=1S/C23H24ClN3O3S/c1-15-9-10-16(24)12-19(15)26-21(28)13-20-22(29)27(14-18-8-5-11-30-18)23(31-20)25-17-6-3-2-4-7-17/h2-4,6-7,9-10,12,18,20H,5,8,11,13-14H2,1H3,(H,26,28)/t18-,20+/m0/s1. The van der Waals surface area contributed by atoms with E-state index in [-0.39, 0.29) is 24.3 Å². The smallest absolute Gasteiger partial charge is 0.242 e. The molecule has 2 saturated heterocycles. The van der Waals surface area contributed by atoms with Gasteiger partial charge in [0.2, 0.25) is 11.8 Å². The van der Waals surface area contributed by atoms with Gasteiger partial charge in [-0.25, -0.2) is 4.99 Å². The number of thioether (sulfide) groups is 1. The van der Waals surface area contributed by atoms with Gasteiger partial charge >= 0.3 is 0 Å². The highest BCUT2D eigenvalue weighted by Gasteiger charge is 2.40. The van der Waals surface area contributed by atoms with Crippen molar-refractivity contribution in [2.75, 3.05) is 18.5 Å². The van der Waals surface area contributed by atoms with E-state index in [0.29, 0.717) is 22.4 Å². The minimum Gasteiger partial charge on any atom is -0.376 e. The number of carbonyl (C=O) groups excluding carboxylic acids is 2. The fraction of sp³-hybridized carbons (Fsp3) is 0.348. The van der Waals surface area contributed by atoms with E-state index in [2.05, 4.69) is 10.3 Å². The van der Waals surface area contributed by atoms with Crippen LogP contribution in [0.15, 0.2) is 53.5 Å². The summed E-state index contributed by atoms with van der Waals surface area (Å²) in [5.41, 5.74) is 2.34. The number of ether oxygens (including phenoxy) is 1. The number of halogens is 1. The van der Waals surface area contributed by atoms with Gasteiger partial charge in [-0.05, 0) is 49.6 Å². The molecule has 4 rings (SSSR count). The van der Waals surface area contributed by atoms with Crippen molar-refractivity contribution in [2.24, 2.45) is 4.99 Å². The van der Waals surface area contributed by atoms with E-state index >= 15 is 0 Å². The van der Waals surface area contributed by atoms with Crippen molar-refractivity contribution in [1.29, 1.82) is 0 Å². The first-order valence-electron chi connectivity index (χ1n) is 10.3. The molecule has 2 aromatic rings. The first-order valence-corrected chi connectivity index (χ1v) is 11.5. The summed E-state index contributed by atoms with van der Waals surface area (Å²) in [5, 5.41) is 3.52. The summed E-state index contributed by atoms with van der Waals surface area (Å²) >= 11 is 7.38. The Hall–Kier alpha value is -2.35. The second-order valence-corrected chi connectivity index (χ2v) is 9.24. The van der Waals surface area contributed by atoms with Gasteiger partial charge in [-0.15, -0.1) is 0 Å². The number of benzene rings is 2. The zero-order valence-electron chi connectivity index (χ0n) is 17.2. The number of anilines is 1. The number of amidine groups is 1. The fourth-order valence-electron chi connectivity index (χ4n) is 3.60. The van der Waals surface area contributed by atoms with Gasteiger partial charge in [0.15, 0.2) is 5.17 Å². The SMILES string of the molecule is Cc1ccc(Cl)cc1NC(=O)C[C@H]1SC(=Nc2ccccc2)N(C[C@@H]2CCCO2)C1=O. The highest BCUT2D eigenvalue weighted by Crippen LogP contribution is 2.33. The number of aryl methyl sites for hydroxylation is 1. The van der Waals surface area contributed by atoms with Gasteiger partial charge in [0.25, 0.3) is 0 Å². The number of para-hydroxylation sites is 1. The molecule has 2 atom stereocenters. The lowest BCUT2D eigenvalue weighted by molar-refractivity contribution is -0.129. The lowest BCUT2D eigenvalue weighted by atomic mass is 10.2. The summed E-state index contributed by atoms with van der Waals surface area (Å²) in [5.74, 6) is -0.331. The Labute approximate surface area is 191 Å². The van der Waals surface area contributed by atoms with Gasteiger partial charge < -0.3 is 10.1 Å². The van der Waals surface area contributed by atoms with E-state index in [0.717, 1.165) is 30.7 Å². The molecule has 0 unspecified atom stereocenters. The van der Waals surface area contributed by atoms with Crippen LogP contribution in [-0.4, -0.2) is 46.4 Å². The third-order valence-corrected chi connectivity index (χ3v) is 6.67. The van der Waals surface area contributed by atoms with Crippen molar-refractivity contribution in [3.05, 3.63) is 59.1 Å². The maximum absolute atomic E-state index is 13.2. The third kappa shape index (κ3) is 5.47. The molecule has 31 heavy (non-hydrogen) atoms. The molecule has 0 spiro atoms. The van der Waals surface area contributed by atoms with Gasteiger partial charge in [-0.1, -0.05) is 47.6 Å². The molecule has 0 aromatic heterocycles. The van der Waals surface area contributed by atoms with Crippen molar-refractivity contribution in [1.82, 2.24) is 4.90 Å². The number of nitrogens with one attached hydrogen (secondary N) is 1. The first kappa shape index (κ1) is 21.9. The molecule has 0 radical (unpaired) electrons. The Balaban J connectivity index is 1.49. The van der Waals surface area contributed by atoms with E-state index in [9.17, 15) is 9.59 Å². The van der Waals surface area contributed by atoms with E-state index in [1.54, 1.807) is 17.0 Å². The van der Waals surface area contributed by atoms with Crippen LogP contribution in [0.2, 0.25) is 5.02 Å². The van der Waals surface area contributed by atoms with Crippen LogP contribution in [0, 0.1) is 6.92 Å². The number of hydrogen-bond donors (Lipinski definition) is 1. The molecular formula is C23H24ClN3O3S. The molecule has 0 aliphatic carbocycles. The van der Waals surface area contributed by atoms with E-state index in [1.807, 2.05) is 43.3 Å². The summed E-state index contributed by atoms with van der Waals surface area (Å²) < 4.78 is 5.73. The highest BCUT2D eigenvalue weighted by molar-refractivity contribution is 8.15. The number of aliphatic imine (C=N–C) groups is 1. The zero-order valence-corrected chi connectivity index (χ0v) is 18.8. The maximum Gasteiger partial charge on any atom is 0.242 e. The van der Waals surface area contributed by atoms with Crippen LogP contribution in [0.25, 0.3) is 0 Å². The normalized spacial score (nSPS) is 22.3. The van der Waals surface area contributed by atoms with Gasteiger partial charge in [0.05, 0.1) is 18.3 Å². The summed E-state index contributed by atoms with van der Waals surface area (Å²) in [4.78, 5) is 32.2. The molecule has 1 N–H and O–H groups in total. The van der Waals surface area contributed by atoms with Crippen molar-refractivity contribution in [2.45, 2.75) is 37.5 Å². The minimum atomic E-state index is -0.525. The Kier molecular flexibility index (Phi) is 6.95. The average Bonchev–Trinajstić information content (AvgIpc) is 3.36. The quantitative estimate of drug-likeness (QED) is 0.677. The van der Waals surface area contributed by atoms with Crippen LogP contribution in [0.3, 0.4) is 0 Å². The Morgan fingerprint density at radius 3 is 2.84 bits per heavy atom. The Morgan fingerprint density at radius 1 is 1.29 bits per heavy atom. The van der Waals surface area contributed by atoms with E-state index in [4.69, 9.17) is 16.3 Å². The Morgan fingerprint density at radius 2 is 2.10 bits per heavy atom. The van der Waals surface area contributed by atoms with Gasteiger partial charge in [-0.2, -0.15) is 0 Å². The predicted molar refractivity (Wildman–Crippen MR) is 125 cm³/mol. The summed E-state index contributed by atoms with van der Waals surface area (Å²) in [6, 6.07) is 14.9. The topological polar surface area (TPSA) is 71.0 Å². The summed E-state index contributed by atoms with van der Waals surface area (Å²) in [6.07, 6.45) is 1.99. The second-order valence-electron chi connectivity index (χ2n) is 7.63. The van der Waals surface area contributed by atoms with Crippen LogP contribution >= 0.6 is 23.4 Å². The average molecular weight is 458 g/mol. The van der Waals surface area contributed by atoms with Gasteiger partial charge in [0.1, 0.15) is 5.25 Å². The largest absolute Gasteiger partial charge is 0.376 e.